The van der Waals surface area contributed by atoms with Crippen LogP contribution in [0.15, 0.2) is 83.4 Å². The van der Waals surface area contributed by atoms with Crippen molar-refractivity contribution >= 4 is 0 Å². The summed E-state index contributed by atoms with van der Waals surface area (Å²) in [6.07, 6.45) is 16.4. The van der Waals surface area contributed by atoms with Gasteiger partial charge in [-0.1, -0.05) is 35.4 Å². The summed E-state index contributed by atoms with van der Waals surface area (Å²) in [6.45, 7) is 2.01. The predicted molar refractivity (Wildman–Crippen MR) is 108 cm³/mol. The molecule has 5 rings (SSSR count). The first-order chi connectivity index (χ1) is 13.4. The van der Waals surface area contributed by atoms with Crippen molar-refractivity contribution in [1.29, 1.82) is 0 Å². The van der Waals surface area contributed by atoms with E-state index in [1.807, 2.05) is 30.7 Å². The van der Waals surface area contributed by atoms with Gasteiger partial charge in [-0.15, -0.1) is 0 Å². The number of hydrogen-bond acceptors (Lipinski definition) is 3. The molecule has 0 aromatic carbocycles. The summed E-state index contributed by atoms with van der Waals surface area (Å²) in [6, 6.07) is 10.8. The lowest BCUT2D eigenvalue weighted by atomic mass is 9.76. The third-order valence-electron chi connectivity index (χ3n) is 6.12. The molecule has 2 aromatic rings. The number of allylic oxidation sites excluding steroid dienone is 4. The monoisotopic (exact) mass is 355 g/mol. The topological polar surface area (TPSA) is 29.0 Å². The molecule has 27 heavy (non-hydrogen) atoms. The molecule has 0 saturated heterocycles. The van der Waals surface area contributed by atoms with Gasteiger partial charge < -0.3 is 0 Å². The molecule has 0 spiro atoms. The summed E-state index contributed by atoms with van der Waals surface area (Å²) in [5.74, 6) is 0. The molecule has 0 radical (unpaired) electrons. The standard InChI is InChI=1S/C24H25N3/c1-2-8-20-15-22-21(14-19(20)7-1)10-13-27(17-18-6-5-11-25-16-18)24(22)23-9-3-4-12-26-23/h2-6,8-9,11-12,16,24H,1,7,10,13-15,17H2. The molecule has 3 heterocycles. The van der Waals surface area contributed by atoms with Gasteiger partial charge in [0.1, 0.15) is 0 Å². The van der Waals surface area contributed by atoms with Crippen molar-refractivity contribution in [2.45, 2.75) is 44.7 Å². The number of aromatic nitrogens is 2. The Balaban J connectivity index is 1.51. The van der Waals surface area contributed by atoms with E-state index in [4.69, 9.17) is 4.98 Å². The van der Waals surface area contributed by atoms with Crippen LogP contribution in [0.2, 0.25) is 0 Å². The number of hydrogen-bond donors (Lipinski definition) is 0. The Kier molecular flexibility index (Phi) is 4.46. The van der Waals surface area contributed by atoms with E-state index in [-0.39, 0.29) is 6.04 Å². The van der Waals surface area contributed by atoms with Crippen LogP contribution < -0.4 is 0 Å². The van der Waals surface area contributed by atoms with Crippen LogP contribution in [0, 0.1) is 0 Å². The second-order valence-electron chi connectivity index (χ2n) is 7.79. The minimum atomic E-state index is 0.277. The Bertz CT molecular complexity index is 909. The van der Waals surface area contributed by atoms with Gasteiger partial charge in [0.2, 0.25) is 0 Å². The highest BCUT2D eigenvalue weighted by atomic mass is 15.2. The molecule has 0 amide bonds. The molecule has 3 nitrogen and oxygen atoms in total. The van der Waals surface area contributed by atoms with Crippen LogP contribution in [0.1, 0.15) is 49.4 Å². The zero-order valence-electron chi connectivity index (χ0n) is 15.6. The van der Waals surface area contributed by atoms with Crippen LogP contribution >= 0.6 is 0 Å². The quantitative estimate of drug-likeness (QED) is 0.712. The summed E-state index contributed by atoms with van der Waals surface area (Å²) in [5.41, 5.74) is 8.95. The molecular formula is C24H25N3. The van der Waals surface area contributed by atoms with Crippen molar-refractivity contribution in [3.05, 3.63) is 94.6 Å². The maximum absolute atomic E-state index is 4.76. The maximum Gasteiger partial charge on any atom is 0.0744 e. The molecule has 0 saturated carbocycles. The van der Waals surface area contributed by atoms with E-state index in [0.29, 0.717) is 0 Å². The lowest BCUT2D eigenvalue weighted by molar-refractivity contribution is 0.193. The fourth-order valence-electron chi connectivity index (χ4n) is 4.82. The predicted octanol–water partition coefficient (Wildman–Crippen LogP) is 5.16. The van der Waals surface area contributed by atoms with E-state index in [0.717, 1.165) is 19.5 Å². The SMILES string of the molecule is C1=CC2=C(CC1)CC1=C(C2)C(c2ccccn2)N(Cc2cccnc2)CC1. The first-order valence-corrected chi connectivity index (χ1v) is 10.0. The van der Waals surface area contributed by atoms with Crippen LogP contribution in [-0.4, -0.2) is 21.4 Å². The highest BCUT2D eigenvalue weighted by molar-refractivity contribution is 5.46. The molecule has 1 aliphatic heterocycles. The van der Waals surface area contributed by atoms with E-state index in [1.54, 1.807) is 22.3 Å². The Labute approximate surface area is 161 Å². The van der Waals surface area contributed by atoms with E-state index in [1.165, 1.54) is 36.9 Å². The van der Waals surface area contributed by atoms with Gasteiger partial charge in [-0.2, -0.15) is 0 Å². The third-order valence-corrected chi connectivity index (χ3v) is 6.12. The van der Waals surface area contributed by atoms with E-state index in [2.05, 4.69) is 40.2 Å². The summed E-state index contributed by atoms with van der Waals surface area (Å²) < 4.78 is 0. The normalized spacial score (nSPS) is 22.6. The first kappa shape index (κ1) is 16.6. The number of pyridine rings is 2. The molecule has 2 aromatic heterocycles. The maximum atomic E-state index is 4.76. The van der Waals surface area contributed by atoms with Crippen LogP contribution in [0.4, 0.5) is 0 Å². The minimum absolute atomic E-state index is 0.277. The molecule has 0 bridgehead atoms. The fraction of sp³-hybridized carbons (Fsp3) is 0.333. The highest BCUT2D eigenvalue weighted by Crippen LogP contribution is 2.46. The average molecular weight is 355 g/mol. The lowest BCUT2D eigenvalue weighted by Crippen LogP contribution is -2.36. The smallest absolute Gasteiger partial charge is 0.0744 e. The first-order valence-electron chi connectivity index (χ1n) is 10.0. The van der Waals surface area contributed by atoms with Crippen molar-refractivity contribution in [1.82, 2.24) is 14.9 Å². The summed E-state index contributed by atoms with van der Waals surface area (Å²) in [7, 11) is 0. The Morgan fingerprint density at radius 1 is 1.00 bits per heavy atom. The van der Waals surface area contributed by atoms with Gasteiger partial charge in [-0.3, -0.25) is 14.9 Å². The zero-order chi connectivity index (χ0) is 18.1. The summed E-state index contributed by atoms with van der Waals surface area (Å²) in [5, 5.41) is 0. The number of rotatable bonds is 3. The Morgan fingerprint density at radius 3 is 2.85 bits per heavy atom. The largest absolute Gasteiger partial charge is 0.287 e. The van der Waals surface area contributed by atoms with Crippen LogP contribution in [0.5, 0.6) is 0 Å². The minimum Gasteiger partial charge on any atom is -0.287 e. The van der Waals surface area contributed by atoms with Crippen LogP contribution in [0.3, 0.4) is 0 Å². The summed E-state index contributed by atoms with van der Waals surface area (Å²) in [4.78, 5) is 11.7. The van der Waals surface area contributed by atoms with Gasteiger partial charge in [0, 0.05) is 31.7 Å². The van der Waals surface area contributed by atoms with Crippen molar-refractivity contribution in [3.8, 4) is 0 Å². The zero-order valence-corrected chi connectivity index (χ0v) is 15.6. The molecule has 3 aliphatic rings. The highest BCUT2D eigenvalue weighted by Gasteiger charge is 2.34. The summed E-state index contributed by atoms with van der Waals surface area (Å²) >= 11 is 0. The Hall–Kier alpha value is -2.52. The molecule has 1 unspecified atom stereocenters. The number of nitrogens with zero attached hydrogens (tertiary/aromatic N) is 3. The van der Waals surface area contributed by atoms with Crippen molar-refractivity contribution in [2.24, 2.45) is 0 Å². The van der Waals surface area contributed by atoms with E-state index in [9.17, 15) is 0 Å². The van der Waals surface area contributed by atoms with Gasteiger partial charge in [0.25, 0.3) is 0 Å². The molecule has 3 heteroatoms. The van der Waals surface area contributed by atoms with Crippen LogP contribution in [-0.2, 0) is 6.54 Å². The van der Waals surface area contributed by atoms with E-state index >= 15 is 0 Å². The molecular weight excluding hydrogens is 330 g/mol. The van der Waals surface area contributed by atoms with Gasteiger partial charge >= 0.3 is 0 Å². The molecule has 1 atom stereocenters. The van der Waals surface area contributed by atoms with Crippen molar-refractivity contribution in [2.75, 3.05) is 6.54 Å². The van der Waals surface area contributed by atoms with Crippen molar-refractivity contribution < 1.29 is 0 Å². The molecule has 0 N–H and O–H groups in total. The average Bonchev–Trinajstić information content (AvgIpc) is 2.73. The third kappa shape index (κ3) is 3.28. The van der Waals surface area contributed by atoms with Gasteiger partial charge in [0.15, 0.2) is 0 Å². The van der Waals surface area contributed by atoms with Gasteiger partial charge in [0.05, 0.1) is 11.7 Å². The van der Waals surface area contributed by atoms with Gasteiger partial charge in [-0.25, -0.2) is 0 Å². The molecule has 136 valence electrons. The molecule has 0 fully saturated rings. The fourth-order valence-corrected chi connectivity index (χ4v) is 4.82. The lowest BCUT2D eigenvalue weighted by Gasteiger charge is -2.41. The van der Waals surface area contributed by atoms with E-state index < -0.39 is 0 Å². The van der Waals surface area contributed by atoms with Crippen LogP contribution in [0.25, 0.3) is 0 Å². The molecule has 2 aliphatic carbocycles. The van der Waals surface area contributed by atoms with Crippen molar-refractivity contribution in [3.63, 3.8) is 0 Å². The Morgan fingerprint density at radius 2 is 2.00 bits per heavy atom. The second kappa shape index (κ2) is 7.24. The van der Waals surface area contributed by atoms with Gasteiger partial charge in [-0.05, 0) is 67.0 Å². The second-order valence-corrected chi connectivity index (χ2v) is 7.79.